The second kappa shape index (κ2) is 10.3. The lowest BCUT2D eigenvalue weighted by molar-refractivity contribution is -0.114. The SMILES string of the molecule is C=C(F)C(=O)Nc1cc2c(Nc3ccc(F)c(Cl)c3)ncnc2cc1OC[C@@H]1COCCN1C. The van der Waals surface area contributed by atoms with E-state index >= 15 is 0 Å². The van der Waals surface area contributed by atoms with Gasteiger partial charge in [-0.3, -0.25) is 9.69 Å². The van der Waals surface area contributed by atoms with E-state index in [1.807, 2.05) is 7.05 Å². The molecule has 0 aliphatic carbocycles. The van der Waals surface area contributed by atoms with Gasteiger partial charge in [0.05, 0.1) is 35.5 Å². The quantitative estimate of drug-likeness (QED) is 0.478. The van der Waals surface area contributed by atoms with Crippen molar-refractivity contribution in [1.29, 1.82) is 0 Å². The predicted octanol–water partition coefficient (Wildman–Crippen LogP) is 4.30. The first-order chi connectivity index (χ1) is 16.3. The van der Waals surface area contributed by atoms with Crippen LogP contribution in [0, 0.1) is 5.82 Å². The minimum absolute atomic E-state index is 0.00925. The summed E-state index contributed by atoms with van der Waals surface area (Å²) in [6, 6.07) is 7.35. The number of likely N-dealkylation sites (N-methyl/N-ethyl adjacent to an activating group) is 1. The number of rotatable bonds is 7. The molecule has 0 bridgehead atoms. The van der Waals surface area contributed by atoms with Crippen molar-refractivity contribution < 1.29 is 23.0 Å². The number of nitrogens with one attached hydrogen (secondary N) is 2. The van der Waals surface area contributed by atoms with Gasteiger partial charge in [0.25, 0.3) is 5.91 Å². The molecule has 178 valence electrons. The van der Waals surface area contributed by atoms with Crippen LogP contribution < -0.4 is 15.4 Å². The highest BCUT2D eigenvalue weighted by Crippen LogP contribution is 2.34. The molecule has 1 atom stereocenters. The minimum atomic E-state index is -1.14. The third-order valence-corrected chi connectivity index (χ3v) is 5.66. The summed E-state index contributed by atoms with van der Waals surface area (Å²) in [6.07, 6.45) is 1.35. The fourth-order valence-electron chi connectivity index (χ4n) is 3.40. The Morgan fingerprint density at radius 2 is 2.18 bits per heavy atom. The fourth-order valence-corrected chi connectivity index (χ4v) is 3.58. The molecule has 3 aromatic rings. The van der Waals surface area contributed by atoms with Crippen LogP contribution in [0.15, 0.2) is 49.1 Å². The van der Waals surface area contributed by atoms with Crippen molar-refractivity contribution in [3.05, 3.63) is 59.9 Å². The van der Waals surface area contributed by atoms with Gasteiger partial charge in [-0.25, -0.2) is 18.7 Å². The van der Waals surface area contributed by atoms with E-state index in [1.54, 1.807) is 12.1 Å². The number of amides is 1. The normalized spacial score (nSPS) is 16.3. The Bertz CT molecular complexity index is 1240. The summed E-state index contributed by atoms with van der Waals surface area (Å²) >= 11 is 5.87. The van der Waals surface area contributed by atoms with Gasteiger partial charge in [0.2, 0.25) is 0 Å². The van der Waals surface area contributed by atoms with Crippen molar-refractivity contribution in [2.45, 2.75) is 6.04 Å². The van der Waals surface area contributed by atoms with Crippen LogP contribution in [-0.4, -0.2) is 60.2 Å². The number of carbonyl (C=O) groups is 1. The zero-order valence-corrected chi connectivity index (χ0v) is 19.0. The molecule has 0 unspecified atom stereocenters. The largest absolute Gasteiger partial charge is 0.490 e. The molecule has 2 aromatic carbocycles. The van der Waals surface area contributed by atoms with Gasteiger partial charge in [-0.15, -0.1) is 0 Å². The minimum Gasteiger partial charge on any atom is -0.490 e. The highest BCUT2D eigenvalue weighted by atomic mass is 35.5. The van der Waals surface area contributed by atoms with E-state index in [1.165, 1.54) is 24.5 Å². The number of anilines is 3. The number of aromatic nitrogens is 2. The molecule has 11 heteroatoms. The molecule has 2 N–H and O–H groups in total. The molecule has 2 heterocycles. The Morgan fingerprint density at radius 1 is 1.35 bits per heavy atom. The van der Waals surface area contributed by atoms with Crippen LogP contribution in [0.3, 0.4) is 0 Å². The molecule has 34 heavy (non-hydrogen) atoms. The lowest BCUT2D eigenvalue weighted by Crippen LogP contribution is -2.46. The fraction of sp³-hybridized carbons (Fsp3) is 0.261. The van der Waals surface area contributed by atoms with Crippen molar-refractivity contribution in [2.24, 2.45) is 0 Å². The number of hydrogen-bond donors (Lipinski definition) is 2. The average Bonchev–Trinajstić information content (AvgIpc) is 2.81. The smallest absolute Gasteiger partial charge is 0.283 e. The van der Waals surface area contributed by atoms with Crippen LogP contribution in [0.4, 0.5) is 26.0 Å². The molecule has 8 nitrogen and oxygen atoms in total. The topological polar surface area (TPSA) is 88.6 Å². The van der Waals surface area contributed by atoms with Gasteiger partial charge in [0.15, 0.2) is 5.83 Å². The maximum Gasteiger partial charge on any atom is 0.283 e. The molecule has 1 fully saturated rings. The van der Waals surface area contributed by atoms with Crippen LogP contribution in [0.1, 0.15) is 0 Å². The Morgan fingerprint density at radius 3 is 2.91 bits per heavy atom. The highest BCUT2D eigenvalue weighted by molar-refractivity contribution is 6.31. The molecule has 0 spiro atoms. The summed E-state index contributed by atoms with van der Waals surface area (Å²) in [6.45, 7) is 5.24. The lowest BCUT2D eigenvalue weighted by atomic mass is 10.1. The monoisotopic (exact) mass is 489 g/mol. The summed E-state index contributed by atoms with van der Waals surface area (Å²) in [4.78, 5) is 22.7. The Hall–Kier alpha value is -3.34. The third-order valence-electron chi connectivity index (χ3n) is 5.37. The van der Waals surface area contributed by atoms with Gasteiger partial charge in [-0.2, -0.15) is 0 Å². The number of halogens is 3. The molecule has 4 rings (SSSR count). The van der Waals surface area contributed by atoms with Crippen molar-refractivity contribution in [3.8, 4) is 5.75 Å². The van der Waals surface area contributed by atoms with E-state index in [9.17, 15) is 13.6 Å². The van der Waals surface area contributed by atoms with E-state index in [4.69, 9.17) is 21.1 Å². The second-order valence-electron chi connectivity index (χ2n) is 7.72. The van der Waals surface area contributed by atoms with E-state index in [0.717, 1.165) is 6.54 Å². The van der Waals surface area contributed by atoms with Crippen LogP contribution in [0.5, 0.6) is 5.75 Å². The van der Waals surface area contributed by atoms with Crippen molar-refractivity contribution in [1.82, 2.24) is 14.9 Å². The number of carbonyl (C=O) groups excluding carboxylic acids is 1. The second-order valence-corrected chi connectivity index (χ2v) is 8.13. The van der Waals surface area contributed by atoms with Gasteiger partial charge in [-0.05, 0) is 31.3 Å². The third kappa shape index (κ3) is 5.41. The van der Waals surface area contributed by atoms with E-state index in [0.29, 0.717) is 41.4 Å². The number of benzene rings is 2. The first-order valence-corrected chi connectivity index (χ1v) is 10.8. The van der Waals surface area contributed by atoms with Gasteiger partial charge in [0.1, 0.15) is 30.3 Å². The Balaban J connectivity index is 1.68. The Kier molecular flexibility index (Phi) is 7.20. The van der Waals surface area contributed by atoms with E-state index in [-0.39, 0.29) is 23.4 Å². The molecule has 0 radical (unpaired) electrons. The molecule has 1 saturated heterocycles. The summed E-state index contributed by atoms with van der Waals surface area (Å²) < 4.78 is 38.5. The zero-order chi connectivity index (χ0) is 24.2. The predicted molar refractivity (Wildman–Crippen MR) is 126 cm³/mol. The van der Waals surface area contributed by atoms with Crippen LogP contribution in [0.25, 0.3) is 10.9 Å². The summed E-state index contributed by atoms with van der Waals surface area (Å²) in [5, 5.41) is 5.98. The van der Waals surface area contributed by atoms with Crippen molar-refractivity contribution >= 4 is 45.6 Å². The number of nitrogens with zero attached hydrogens (tertiary/aromatic N) is 3. The molecule has 1 amide bonds. The first-order valence-electron chi connectivity index (χ1n) is 10.4. The van der Waals surface area contributed by atoms with Gasteiger partial charge >= 0.3 is 0 Å². The van der Waals surface area contributed by atoms with Crippen LogP contribution in [0.2, 0.25) is 5.02 Å². The number of fused-ring (bicyclic) bond motifs is 1. The highest BCUT2D eigenvalue weighted by Gasteiger charge is 2.22. The van der Waals surface area contributed by atoms with Gasteiger partial charge in [-0.1, -0.05) is 18.2 Å². The van der Waals surface area contributed by atoms with Crippen LogP contribution in [-0.2, 0) is 9.53 Å². The maximum atomic E-state index is 13.5. The maximum absolute atomic E-state index is 13.5. The molecular formula is C23H22ClF2N5O3. The number of ether oxygens (including phenoxy) is 2. The van der Waals surface area contributed by atoms with Crippen molar-refractivity contribution in [3.63, 3.8) is 0 Å². The molecule has 1 aliphatic heterocycles. The standard InChI is InChI=1S/C23H22ClF2N5O3/c1-13(25)23(32)30-20-8-16-19(9-21(20)34-11-15-10-33-6-5-31(15)2)27-12-28-22(16)29-14-3-4-18(26)17(24)7-14/h3-4,7-9,12,15H,1,5-6,10-11H2,2H3,(H,30,32)(H,27,28,29)/t15-/m0/s1. The summed E-state index contributed by atoms with van der Waals surface area (Å²) in [5.41, 5.74) is 1.21. The summed E-state index contributed by atoms with van der Waals surface area (Å²) in [7, 11) is 1.97. The summed E-state index contributed by atoms with van der Waals surface area (Å²) in [5.74, 6) is -2.02. The molecular weight excluding hydrogens is 468 g/mol. The molecule has 1 aliphatic rings. The zero-order valence-electron chi connectivity index (χ0n) is 18.3. The lowest BCUT2D eigenvalue weighted by Gasteiger charge is -2.32. The number of morpholine rings is 1. The van der Waals surface area contributed by atoms with E-state index in [2.05, 4.69) is 32.1 Å². The van der Waals surface area contributed by atoms with Gasteiger partial charge < -0.3 is 20.1 Å². The molecule has 0 saturated carbocycles. The van der Waals surface area contributed by atoms with Crippen molar-refractivity contribution in [2.75, 3.05) is 44.0 Å². The van der Waals surface area contributed by atoms with E-state index < -0.39 is 17.6 Å². The first kappa shape index (κ1) is 23.8. The van der Waals surface area contributed by atoms with Crippen LogP contribution >= 0.6 is 11.6 Å². The average molecular weight is 490 g/mol. The molecule has 1 aromatic heterocycles. The van der Waals surface area contributed by atoms with Gasteiger partial charge in [0, 0.05) is 23.7 Å². The number of hydrogen-bond acceptors (Lipinski definition) is 7. The Labute approximate surface area is 199 Å².